The predicted octanol–water partition coefficient (Wildman–Crippen LogP) is 4.18. The van der Waals surface area contributed by atoms with E-state index in [4.69, 9.17) is 0 Å². The van der Waals surface area contributed by atoms with Crippen LogP contribution in [0.3, 0.4) is 0 Å². The summed E-state index contributed by atoms with van der Waals surface area (Å²) in [6, 6.07) is 20.8. The van der Waals surface area contributed by atoms with E-state index in [0.717, 1.165) is 21.8 Å². The number of pyridine rings is 2. The summed E-state index contributed by atoms with van der Waals surface area (Å²) in [4.78, 5) is 18.2. The minimum atomic E-state index is -0.472. The minimum Gasteiger partial charge on any atom is -0.260 e. The van der Waals surface area contributed by atoms with Crippen molar-refractivity contribution in [1.29, 1.82) is 0 Å². The number of hydrogen-bond donors (Lipinski definition) is 0. The summed E-state index contributed by atoms with van der Waals surface area (Å²) in [7, 11) is 0. The van der Waals surface area contributed by atoms with E-state index >= 15 is 0 Å². The van der Waals surface area contributed by atoms with Crippen LogP contribution in [0.25, 0.3) is 21.8 Å². The summed E-state index contributed by atoms with van der Waals surface area (Å²) in [6.45, 7) is 0. The molecule has 0 aliphatic carbocycles. The molecule has 0 amide bonds. The Bertz CT molecular complexity index is 907. The van der Waals surface area contributed by atoms with Crippen LogP contribution in [0.4, 0.5) is 5.69 Å². The second-order valence-electron chi connectivity index (χ2n) is 4.72. The Labute approximate surface area is 154 Å². The molecule has 122 valence electrons. The summed E-state index contributed by atoms with van der Waals surface area (Å²) in [5.41, 5.74) is 1.97. The number of nitrogens with zero attached hydrogens (tertiary/aromatic N) is 3. The monoisotopic (exact) mass is 499 g/mol. The van der Waals surface area contributed by atoms with Crippen molar-refractivity contribution in [3.8, 4) is 0 Å². The fraction of sp³-hybridized carbons (Fsp3) is 0. The first-order valence-electron chi connectivity index (χ1n) is 6.95. The van der Waals surface area contributed by atoms with Crippen LogP contribution >= 0.6 is 0 Å². The molecule has 4 aromatic rings. The number of rotatable bonds is 1. The summed E-state index contributed by atoms with van der Waals surface area (Å²) < 4.78 is 0. The number of fused-ring (bicyclic) bond motifs is 3. The molecule has 0 aliphatic heterocycles. The van der Waals surface area contributed by atoms with Gasteiger partial charge < -0.3 is 0 Å². The van der Waals surface area contributed by atoms with Crippen LogP contribution in [0, 0.1) is 16.2 Å². The molecule has 0 unspecified atom stereocenters. The van der Waals surface area contributed by atoms with Crippen LogP contribution in [0.1, 0.15) is 0 Å². The molecule has 2 heterocycles. The molecule has 0 fully saturated rings. The molecule has 24 heavy (non-hydrogen) atoms. The van der Waals surface area contributed by atoms with Gasteiger partial charge in [-0.1, -0.05) is 30.3 Å². The Hall–Kier alpha value is -2.60. The van der Waals surface area contributed by atoms with Gasteiger partial charge in [-0.05, 0) is 12.1 Å². The molecule has 0 bridgehead atoms. The molecule has 0 atom stereocenters. The van der Waals surface area contributed by atoms with Crippen LogP contribution in [0.2, 0.25) is 0 Å². The summed E-state index contributed by atoms with van der Waals surface area (Å²) in [6.07, 6.45) is 3.60. The molecule has 2 aromatic heterocycles. The smallest absolute Gasteiger partial charge is 0.260 e. The van der Waals surface area contributed by atoms with Crippen LogP contribution in [-0.2, 0) is 22.4 Å². The zero-order valence-electron chi connectivity index (χ0n) is 12.4. The van der Waals surface area contributed by atoms with E-state index in [2.05, 4.69) is 40.3 Å². The number of non-ortho nitro benzene ring substituents is 1. The van der Waals surface area contributed by atoms with Crippen molar-refractivity contribution in [3.63, 3.8) is 0 Å². The molecule has 5 nitrogen and oxygen atoms in total. The average molecular weight is 499 g/mol. The van der Waals surface area contributed by atoms with Crippen LogP contribution in [0.15, 0.2) is 73.1 Å². The standard InChI is InChI=1S/C12H8N2.C6H4NO2.Au/c1-3-9-5-6-10-4-2-8-14-12(10)11(9)13-7-1;8-7(9)6-4-2-1-3-5-6;/h1-8H;1-4H;/q;-1;+1. The van der Waals surface area contributed by atoms with Crippen molar-refractivity contribution in [3.05, 3.63) is 89.2 Å². The van der Waals surface area contributed by atoms with Crippen molar-refractivity contribution in [1.82, 2.24) is 9.97 Å². The Balaban J connectivity index is 0.000000183. The second-order valence-corrected chi connectivity index (χ2v) is 4.72. The predicted molar refractivity (Wildman–Crippen MR) is 89.0 cm³/mol. The molecule has 4 rings (SSSR count). The Kier molecular flexibility index (Phi) is 6.14. The fourth-order valence-electron chi connectivity index (χ4n) is 2.18. The van der Waals surface area contributed by atoms with Crippen molar-refractivity contribution in [2.75, 3.05) is 0 Å². The van der Waals surface area contributed by atoms with Gasteiger partial charge in [0, 0.05) is 28.1 Å². The third-order valence-corrected chi connectivity index (χ3v) is 3.23. The van der Waals surface area contributed by atoms with Crippen LogP contribution in [-0.4, -0.2) is 14.9 Å². The zero-order valence-corrected chi connectivity index (χ0v) is 14.6. The maximum Gasteiger partial charge on any atom is 1.00 e. The average Bonchev–Trinajstić information content (AvgIpc) is 2.63. The molecular formula is C18H12AuN3O2. The molecule has 0 spiro atoms. The van der Waals surface area contributed by atoms with Gasteiger partial charge >= 0.3 is 22.4 Å². The number of nitro groups is 1. The fourth-order valence-corrected chi connectivity index (χ4v) is 2.18. The number of hydrogen-bond acceptors (Lipinski definition) is 4. The maximum absolute atomic E-state index is 9.98. The summed E-state index contributed by atoms with van der Waals surface area (Å²) >= 11 is 0. The minimum absolute atomic E-state index is 0. The molecule has 0 radical (unpaired) electrons. The molecular weight excluding hydrogens is 487 g/mol. The van der Waals surface area contributed by atoms with Crippen molar-refractivity contribution >= 4 is 27.5 Å². The van der Waals surface area contributed by atoms with Crippen molar-refractivity contribution in [2.24, 2.45) is 0 Å². The Morgan fingerprint density at radius 2 is 1.42 bits per heavy atom. The second kappa shape index (κ2) is 8.31. The molecule has 0 saturated heterocycles. The number of benzene rings is 2. The van der Waals surface area contributed by atoms with Crippen molar-refractivity contribution < 1.29 is 27.3 Å². The van der Waals surface area contributed by atoms with E-state index < -0.39 is 4.92 Å². The summed E-state index contributed by atoms with van der Waals surface area (Å²) in [5, 5.41) is 12.3. The van der Waals surface area contributed by atoms with Gasteiger partial charge in [0.2, 0.25) is 0 Å². The van der Waals surface area contributed by atoms with Gasteiger partial charge in [-0.25, -0.2) is 0 Å². The zero-order chi connectivity index (χ0) is 16.1. The quantitative estimate of drug-likeness (QED) is 0.130. The van der Waals surface area contributed by atoms with Gasteiger partial charge in [-0.2, -0.15) is 18.2 Å². The third kappa shape index (κ3) is 4.02. The summed E-state index contributed by atoms with van der Waals surface area (Å²) in [5.74, 6) is 0. The number of nitro benzene ring substituents is 1. The SMILES string of the molecule is O=[N+]([O-])c1[c-]cccc1.[Au+].c1cnc2c(c1)ccc1cccnc12. The first kappa shape index (κ1) is 17.7. The van der Waals surface area contributed by atoms with Gasteiger partial charge in [-0.3, -0.25) is 20.1 Å². The van der Waals surface area contributed by atoms with Gasteiger partial charge in [0.1, 0.15) is 0 Å². The van der Waals surface area contributed by atoms with Crippen LogP contribution in [0.5, 0.6) is 0 Å². The molecule has 0 saturated carbocycles. The van der Waals surface area contributed by atoms with E-state index in [1.807, 2.05) is 12.1 Å². The van der Waals surface area contributed by atoms with E-state index in [9.17, 15) is 10.1 Å². The van der Waals surface area contributed by atoms with E-state index in [-0.39, 0.29) is 28.1 Å². The largest absolute Gasteiger partial charge is 1.00 e. The van der Waals surface area contributed by atoms with Gasteiger partial charge in [0.15, 0.2) is 5.69 Å². The first-order chi connectivity index (χ1) is 11.3. The Morgan fingerprint density at radius 1 is 0.833 bits per heavy atom. The van der Waals surface area contributed by atoms with E-state index in [1.165, 1.54) is 12.1 Å². The Morgan fingerprint density at radius 3 is 1.83 bits per heavy atom. The maximum atomic E-state index is 9.98. The third-order valence-electron chi connectivity index (χ3n) is 3.23. The first-order valence-corrected chi connectivity index (χ1v) is 6.95. The topological polar surface area (TPSA) is 68.9 Å². The van der Waals surface area contributed by atoms with Crippen molar-refractivity contribution in [2.45, 2.75) is 0 Å². The molecule has 0 aliphatic rings. The number of aromatic nitrogens is 2. The molecule has 2 aromatic carbocycles. The van der Waals surface area contributed by atoms with Gasteiger partial charge in [0.25, 0.3) is 0 Å². The van der Waals surface area contributed by atoms with E-state index in [0.29, 0.717) is 0 Å². The van der Waals surface area contributed by atoms with E-state index in [1.54, 1.807) is 24.5 Å². The van der Waals surface area contributed by atoms with Gasteiger partial charge in [-0.15, -0.1) is 6.07 Å². The molecule has 0 N–H and O–H groups in total. The van der Waals surface area contributed by atoms with Crippen LogP contribution < -0.4 is 0 Å². The molecule has 6 heteroatoms. The number of para-hydroxylation sites is 1. The van der Waals surface area contributed by atoms with Gasteiger partial charge in [0.05, 0.1) is 11.0 Å². The normalized spacial score (nSPS) is 9.67.